The van der Waals surface area contributed by atoms with Crippen LogP contribution in [0.3, 0.4) is 0 Å². The summed E-state index contributed by atoms with van der Waals surface area (Å²) in [6.45, 7) is 6.70. The van der Waals surface area contributed by atoms with Gasteiger partial charge in [0.15, 0.2) is 0 Å². The zero-order chi connectivity index (χ0) is 13.0. The van der Waals surface area contributed by atoms with Crippen molar-refractivity contribution in [3.63, 3.8) is 0 Å². The molecule has 0 aromatic heterocycles. The van der Waals surface area contributed by atoms with Crippen LogP contribution in [0.15, 0.2) is 18.2 Å². The van der Waals surface area contributed by atoms with Gasteiger partial charge in [0, 0.05) is 16.1 Å². The monoisotopic (exact) mass is 273 g/mol. The van der Waals surface area contributed by atoms with Crippen molar-refractivity contribution < 1.29 is 0 Å². The fourth-order valence-corrected chi connectivity index (χ4v) is 2.70. The Morgan fingerprint density at radius 3 is 2.35 bits per heavy atom. The molecule has 0 heterocycles. The van der Waals surface area contributed by atoms with E-state index in [2.05, 4.69) is 20.8 Å². The van der Waals surface area contributed by atoms with Crippen molar-refractivity contribution in [2.75, 3.05) is 0 Å². The zero-order valence-corrected chi connectivity index (χ0v) is 12.2. The number of hydrogen-bond donors (Lipinski definition) is 1. The highest BCUT2D eigenvalue weighted by atomic mass is 35.5. The Morgan fingerprint density at radius 2 is 1.76 bits per heavy atom. The normalized spacial score (nSPS) is 15.0. The molecule has 0 radical (unpaired) electrons. The van der Waals surface area contributed by atoms with Crippen molar-refractivity contribution >= 4 is 23.2 Å². The first-order valence-corrected chi connectivity index (χ1v) is 6.86. The van der Waals surface area contributed by atoms with E-state index in [0.717, 1.165) is 12.0 Å². The van der Waals surface area contributed by atoms with Crippen LogP contribution in [0.1, 0.15) is 45.2 Å². The van der Waals surface area contributed by atoms with E-state index in [9.17, 15) is 0 Å². The van der Waals surface area contributed by atoms with Gasteiger partial charge in [0.05, 0.1) is 0 Å². The first kappa shape index (κ1) is 14.8. The van der Waals surface area contributed by atoms with Gasteiger partial charge in [-0.25, -0.2) is 0 Å². The standard InChI is InChI=1S/C14H21Cl2N/c1-9(2)6-10(3)7-14(17)12-8-11(15)4-5-13(12)16/h4-5,8-10,14H,6-7,17H2,1-3H3. The number of rotatable bonds is 5. The second-order valence-electron chi connectivity index (χ2n) is 5.24. The van der Waals surface area contributed by atoms with Crippen LogP contribution in [0.25, 0.3) is 0 Å². The van der Waals surface area contributed by atoms with Crippen LogP contribution in [0.5, 0.6) is 0 Å². The van der Waals surface area contributed by atoms with Crippen LogP contribution >= 0.6 is 23.2 Å². The molecule has 2 atom stereocenters. The first-order chi connectivity index (χ1) is 7.90. The summed E-state index contributed by atoms with van der Waals surface area (Å²) >= 11 is 12.1. The second-order valence-corrected chi connectivity index (χ2v) is 6.09. The molecule has 0 aliphatic heterocycles. The molecule has 1 rings (SSSR count). The van der Waals surface area contributed by atoms with E-state index in [1.54, 1.807) is 6.07 Å². The van der Waals surface area contributed by atoms with Gasteiger partial charge in [0.2, 0.25) is 0 Å². The predicted molar refractivity (Wildman–Crippen MR) is 76.6 cm³/mol. The highest BCUT2D eigenvalue weighted by Gasteiger charge is 2.15. The molecule has 0 aliphatic rings. The Kier molecular flexibility index (Phi) is 5.78. The molecule has 0 saturated carbocycles. The first-order valence-electron chi connectivity index (χ1n) is 6.10. The average Bonchev–Trinajstić information content (AvgIpc) is 2.20. The summed E-state index contributed by atoms with van der Waals surface area (Å²) in [5.41, 5.74) is 7.15. The fourth-order valence-electron chi connectivity index (χ4n) is 2.26. The summed E-state index contributed by atoms with van der Waals surface area (Å²) in [5, 5.41) is 1.40. The summed E-state index contributed by atoms with van der Waals surface area (Å²) in [6, 6.07) is 5.44. The van der Waals surface area contributed by atoms with Crippen molar-refractivity contribution in [3.05, 3.63) is 33.8 Å². The minimum atomic E-state index is -0.0325. The van der Waals surface area contributed by atoms with Gasteiger partial charge in [-0.15, -0.1) is 0 Å². The van der Waals surface area contributed by atoms with Crippen molar-refractivity contribution in [3.8, 4) is 0 Å². The van der Waals surface area contributed by atoms with Gasteiger partial charge < -0.3 is 5.73 Å². The van der Waals surface area contributed by atoms with E-state index in [4.69, 9.17) is 28.9 Å². The van der Waals surface area contributed by atoms with Gasteiger partial charge >= 0.3 is 0 Å². The minimum Gasteiger partial charge on any atom is -0.324 e. The summed E-state index contributed by atoms with van der Waals surface area (Å²) in [7, 11) is 0. The Hall–Kier alpha value is -0.240. The Balaban J connectivity index is 2.69. The van der Waals surface area contributed by atoms with Crippen molar-refractivity contribution in [2.24, 2.45) is 17.6 Å². The lowest BCUT2D eigenvalue weighted by Gasteiger charge is -2.20. The van der Waals surface area contributed by atoms with Gasteiger partial charge in [-0.3, -0.25) is 0 Å². The molecule has 96 valence electrons. The molecule has 1 aromatic carbocycles. The van der Waals surface area contributed by atoms with E-state index in [1.807, 2.05) is 12.1 Å². The van der Waals surface area contributed by atoms with Gasteiger partial charge in [-0.05, 0) is 48.4 Å². The van der Waals surface area contributed by atoms with E-state index in [0.29, 0.717) is 21.9 Å². The molecule has 0 aliphatic carbocycles. The molecule has 3 heteroatoms. The van der Waals surface area contributed by atoms with Crippen LogP contribution in [-0.4, -0.2) is 0 Å². The molecular formula is C14H21Cl2N. The molecule has 0 fully saturated rings. The summed E-state index contributed by atoms with van der Waals surface area (Å²) in [5.74, 6) is 1.30. The minimum absolute atomic E-state index is 0.0325. The second kappa shape index (κ2) is 6.63. The molecule has 2 unspecified atom stereocenters. The highest BCUT2D eigenvalue weighted by Crippen LogP contribution is 2.30. The highest BCUT2D eigenvalue weighted by molar-refractivity contribution is 6.33. The maximum absolute atomic E-state index is 6.20. The molecule has 1 aromatic rings. The van der Waals surface area contributed by atoms with E-state index < -0.39 is 0 Å². The number of benzene rings is 1. The van der Waals surface area contributed by atoms with Gasteiger partial charge in [-0.1, -0.05) is 44.0 Å². The van der Waals surface area contributed by atoms with Crippen LogP contribution in [0.2, 0.25) is 10.0 Å². The van der Waals surface area contributed by atoms with Crippen molar-refractivity contribution in [1.29, 1.82) is 0 Å². The van der Waals surface area contributed by atoms with Crippen LogP contribution in [0, 0.1) is 11.8 Å². The number of halogens is 2. The van der Waals surface area contributed by atoms with Crippen molar-refractivity contribution in [1.82, 2.24) is 0 Å². The van der Waals surface area contributed by atoms with Crippen LogP contribution in [0.4, 0.5) is 0 Å². The summed E-state index contributed by atoms with van der Waals surface area (Å²) in [4.78, 5) is 0. The fraction of sp³-hybridized carbons (Fsp3) is 0.571. The summed E-state index contributed by atoms with van der Waals surface area (Å²) < 4.78 is 0. The third-order valence-corrected chi connectivity index (χ3v) is 3.47. The molecule has 0 bridgehead atoms. The molecule has 17 heavy (non-hydrogen) atoms. The average molecular weight is 274 g/mol. The molecule has 0 saturated heterocycles. The quantitative estimate of drug-likeness (QED) is 0.797. The third kappa shape index (κ3) is 4.87. The number of nitrogens with two attached hydrogens (primary N) is 1. The smallest absolute Gasteiger partial charge is 0.0454 e. The molecule has 0 spiro atoms. The number of hydrogen-bond acceptors (Lipinski definition) is 1. The molecular weight excluding hydrogens is 253 g/mol. The molecule has 2 N–H and O–H groups in total. The van der Waals surface area contributed by atoms with Gasteiger partial charge in [0.1, 0.15) is 0 Å². The SMILES string of the molecule is CC(C)CC(C)CC(N)c1cc(Cl)ccc1Cl. The zero-order valence-electron chi connectivity index (χ0n) is 10.7. The largest absolute Gasteiger partial charge is 0.324 e. The van der Waals surface area contributed by atoms with E-state index in [-0.39, 0.29) is 6.04 Å². The molecule has 0 amide bonds. The predicted octanol–water partition coefficient (Wildman–Crippen LogP) is 5.07. The van der Waals surface area contributed by atoms with E-state index >= 15 is 0 Å². The van der Waals surface area contributed by atoms with Crippen LogP contribution < -0.4 is 5.73 Å². The lowest BCUT2D eigenvalue weighted by atomic mass is 9.90. The maximum Gasteiger partial charge on any atom is 0.0454 e. The van der Waals surface area contributed by atoms with Crippen LogP contribution in [-0.2, 0) is 0 Å². The molecule has 1 nitrogen and oxygen atoms in total. The topological polar surface area (TPSA) is 26.0 Å². The Morgan fingerprint density at radius 1 is 1.12 bits per heavy atom. The van der Waals surface area contributed by atoms with Gasteiger partial charge in [-0.2, -0.15) is 0 Å². The maximum atomic E-state index is 6.20. The Labute approximate surface area is 114 Å². The lowest BCUT2D eigenvalue weighted by molar-refractivity contribution is 0.387. The lowest BCUT2D eigenvalue weighted by Crippen LogP contribution is -2.15. The Bertz CT molecular complexity index is 363. The third-order valence-electron chi connectivity index (χ3n) is 2.89. The van der Waals surface area contributed by atoms with E-state index in [1.165, 1.54) is 6.42 Å². The van der Waals surface area contributed by atoms with Crippen molar-refractivity contribution in [2.45, 2.75) is 39.7 Å². The van der Waals surface area contributed by atoms with Gasteiger partial charge in [0.25, 0.3) is 0 Å². The summed E-state index contributed by atoms with van der Waals surface area (Å²) in [6.07, 6.45) is 2.13.